The van der Waals surface area contributed by atoms with Gasteiger partial charge in [0.15, 0.2) is 11.5 Å². The number of hydrogen-bond acceptors (Lipinski definition) is 5. The van der Waals surface area contributed by atoms with Crippen LogP contribution in [0, 0.1) is 0 Å². The number of aliphatic hydroxyl groups excluding tert-OH is 1. The average Bonchev–Trinajstić information content (AvgIpc) is 2.92. The lowest BCUT2D eigenvalue weighted by Gasteiger charge is -2.39. The fraction of sp³-hybridized carbons (Fsp3) is 0.600. The molecule has 0 bridgehead atoms. The fourth-order valence-electron chi connectivity index (χ4n) is 2.97. The molecule has 3 rings (SSSR count). The molecule has 2 aliphatic heterocycles. The van der Waals surface area contributed by atoms with E-state index in [2.05, 4.69) is 22.9 Å². The highest BCUT2D eigenvalue weighted by molar-refractivity contribution is 5.48. The highest BCUT2D eigenvalue weighted by Gasteiger charge is 2.25. The second-order valence-electron chi connectivity index (χ2n) is 5.53. The molecule has 1 fully saturated rings. The number of ether oxygens (including phenoxy) is 2. The van der Waals surface area contributed by atoms with Crippen molar-refractivity contribution in [1.82, 2.24) is 9.80 Å². The number of likely N-dealkylation sites (N-methyl/N-ethyl adjacent to an activating group) is 1. The van der Waals surface area contributed by atoms with Crippen molar-refractivity contribution < 1.29 is 14.6 Å². The quantitative estimate of drug-likeness (QED) is 0.887. The van der Waals surface area contributed by atoms with E-state index in [1.165, 1.54) is 5.56 Å². The Labute approximate surface area is 119 Å². The van der Waals surface area contributed by atoms with E-state index in [0.717, 1.165) is 44.1 Å². The smallest absolute Gasteiger partial charge is 0.231 e. The van der Waals surface area contributed by atoms with Crippen molar-refractivity contribution >= 4 is 0 Å². The lowest BCUT2D eigenvalue weighted by atomic mass is 10.1. The number of para-hydroxylation sites is 1. The van der Waals surface area contributed by atoms with Crippen LogP contribution in [0.4, 0.5) is 0 Å². The summed E-state index contributed by atoms with van der Waals surface area (Å²) in [4.78, 5) is 4.76. The predicted octanol–water partition coefficient (Wildman–Crippen LogP) is 0.914. The molecular weight excluding hydrogens is 256 g/mol. The zero-order valence-corrected chi connectivity index (χ0v) is 11.9. The number of rotatable bonds is 4. The fourth-order valence-corrected chi connectivity index (χ4v) is 2.97. The minimum atomic E-state index is 0.251. The van der Waals surface area contributed by atoms with E-state index in [0.29, 0.717) is 12.8 Å². The molecule has 2 aliphatic rings. The molecular formula is C15H22N2O3. The van der Waals surface area contributed by atoms with E-state index in [1.807, 2.05) is 12.1 Å². The van der Waals surface area contributed by atoms with Crippen LogP contribution in [-0.2, 0) is 6.54 Å². The Morgan fingerprint density at radius 2 is 2.20 bits per heavy atom. The molecule has 1 N–H and O–H groups in total. The molecule has 1 atom stereocenters. The summed E-state index contributed by atoms with van der Waals surface area (Å²) in [5.74, 6) is 1.74. The van der Waals surface area contributed by atoms with Gasteiger partial charge in [0.05, 0.1) is 0 Å². The molecule has 1 saturated heterocycles. The van der Waals surface area contributed by atoms with Crippen molar-refractivity contribution in [2.45, 2.75) is 19.0 Å². The van der Waals surface area contributed by atoms with Crippen LogP contribution in [0.5, 0.6) is 11.5 Å². The van der Waals surface area contributed by atoms with E-state index in [-0.39, 0.29) is 6.61 Å². The first-order chi connectivity index (χ1) is 9.78. The van der Waals surface area contributed by atoms with E-state index in [9.17, 15) is 0 Å². The Bertz CT molecular complexity index is 466. The summed E-state index contributed by atoms with van der Waals surface area (Å²) in [5.41, 5.74) is 1.19. The summed E-state index contributed by atoms with van der Waals surface area (Å²) in [6.45, 7) is 4.52. The van der Waals surface area contributed by atoms with Gasteiger partial charge in [-0.2, -0.15) is 0 Å². The number of fused-ring (bicyclic) bond motifs is 1. The van der Waals surface area contributed by atoms with Crippen molar-refractivity contribution in [2.24, 2.45) is 0 Å². The highest BCUT2D eigenvalue weighted by Crippen LogP contribution is 2.36. The first-order valence-corrected chi connectivity index (χ1v) is 7.19. The lowest BCUT2D eigenvalue weighted by Crippen LogP contribution is -2.51. The van der Waals surface area contributed by atoms with Crippen LogP contribution in [0.25, 0.3) is 0 Å². The SMILES string of the molecule is CN1CCN(Cc2cccc3c2OCO3)C[C@H]1CCO. The predicted molar refractivity (Wildman–Crippen MR) is 76.0 cm³/mol. The number of nitrogens with zero attached hydrogens (tertiary/aromatic N) is 2. The monoisotopic (exact) mass is 278 g/mol. The van der Waals surface area contributed by atoms with Gasteiger partial charge in [-0.3, -0.25) is 4.90 Å². The molecule has 0 amide bonds. The summed E-state index contributed by atoms with van der Waals surface area (Å²) >= 11 is 0. The van der Waals surface area contributed by atoms with E-state index in [4.69, 9.17) is 14.6 Å². The minimum absolute atomic E-state index is 0.251. The molecule has 0 aromatic heterocycles. The molecule has 5 nitrogen and oxygen atoms in total. The molecule has 0 unspecified atom stereocenters. The average molecular weight is 278 g/mol. The van der Waals surface area contributed by atoms with Crippen LogP contribution >= 0.6 is 0 Å². The normalized spacial score (nSPS) is 23.2. The molecule has 0 saturated carbocycles. The van der Waals surface area contributed by atoms with Gasteiger partial charge in [-0.1, -0.05) is 12.1 Å². The van der Waals surface area contributed by atoms with Gasteiger partial charge in [0.25, 0.3) is 0 Å². The summed E-state index contributed by atoms with van der Waals surface area (Å²) < 4.78 is 11.0. The Kier molecular flexibility index (Phi) is 4.10. The van der Waals surface area contributed by atoms with Crippen LogP contribution < -0.4 is 9.47 Å². The maximum atomic E-state index is 9.16. The third-order valence-electron chi connectivity index (χ3n) is 4.20. The van der Waals surface area contributed by atoms with Crippen molar-refractivity contribution in [3.63, 3.8) is 0 Å². The van der Waals surface area contributed by atoms with Crippen molar-refractivity contribution in [2.75, 3.05) is 40.1 Å². The van der Waals surface area contributed by atoms with Crippen molar-refractivity contribution in [3.05, 3.63) is 23.8 Å². The van der Waals surface area contributed by atoms with E-state index in [1.54, 1.807) is 0 Å². The summed E-state index contributed by atoms with van der Waals surface area (Å²) in [5, 5.41) is 9.16. The molecule has 110 valence electrons. The van der Waals surface area contributed by atoms with Crippen molar-refractivity contribution in [1.29, 1.82) is 0 Å². The van der Waals surface area contributed by atoms with Crippen molar-refractivity contribution in [3.8, 4) is 11.5 Å². The molecule has 0 radical (unpaired) electrons. The molecule has 0 aliphatic carbocycles. The largest absolute Gasteiger partial charge is 0.454 e. The molecule has 1 aromatic carbocycles. The molecule has 2 heterocycles. The van der Waals surface area contributed by atoms with Crippen LogP contribution in [0.1, 0.15) is 12.0 Å². The second kappa shape index (κ2) is 5.99. The van der Waals surface area contributed by atoms with Gasteiger partial charge in [-0.25, -0.2) is 0 Å². The Balaban J connectivity index is 1.68. The molecule has 5 heteroatoms. The van der Waals surface area contributed by atoms with Gasteiger partial charge in [0.1, 0.15) is 0 Å². The van der Waals surface area contributed by atoms with Gasteiger partial charge in [-0.05, 0) is 19.5 Å². The topological polar surface area (TPSA) is 45.2 Å². The zero-order valence-electron chi connectivity index (χ0n) is 11.9. The van der Waals surface area contributed by atoms with E-state index >= 15 is 0 Å². The number of benzene rings is 1. The third-order valence-corrected chi connectivity index (χ3v) is 4.20. The van der Waals surface area contributed by atoms with Gasteiger partial charge in [-0.15, -0.1) is 0 Å². The number of hydrogen-bond donors (Lipinski definition) is 1. The molecule has 0 spiro atoms. The zero-order chi connectivity index (χ0) is 13.9. The highest BCUT2D eigenvalue weighted by atomic mass is 16.7. The standard InChI is InChI=1S/C15H22N2O3/c1-16-6-7-17(10-13(16)5-8-18)9-12-3-2-4-14-15(12)20-11-19-14/h2-4,13,18H,5-11H2,1H3/t13-/m1/s1. The Morgan fingerprint density at radius 1 is 1.30 bits per heavy atom. The van der Waals surface area contributed by atoms with Crippen LogP contribution in [0.2, 0.25) is 0 Å². The minimum Gasteiger partial charge on any atom is -0.454 e. The van der Waals surface area contributed by atoms with Gasteiger partial charge < -0.3 is 19.5 Å². The Hall–Kier alpha value is -1.30. The van der Waals surface area contributed by atoms with Gasteiger partial charge in [0, 0.05) is 44.4 Å². The van der Waals surface area contributed by atoms with Gasteiger partial charge >= 0.3 is 0 Å². The van der Waals surface area contributed by atoms with Crippen LogP contribution in [-0.4, -0.2) is 61.0 Å². The first-order valence-electron chi connectivity index (χ1n) is 7.19. The summed E-state index contributed by atoms with van der Waals surface area (Å²) in [7, 11) is 2.13. The van der Waals surface area contributed by atoms with Crippen LogP contribution in [0.3, 0.4) is 0 Å². The number of piperazine rings is 1. The first kappa shape index (κ1) is 13.7. The summed E-state index contributed by atoms with van der Waals surface area (Å²) in [6, 6.07) is 6.50. The van der Waals surface area contributed by atoms with Gasteiger partial charge in [0.2, 0.25) is 6.79 Å². The van der Waals surface area contributed by atoms with Crippen LogP contribution in [0.15, 0.2) is 18.2 Å². The Morgan fingerprint density at radius 3 is 3.05 bits per heavy atom. The summed E-state index contributed by atoms with van der Waals surface area (Å²) in [6.07, 6.45) is 0.833. The third kappa shape index (κ3) is 2.75. The van der Waals surface area contributed by atoms with E-state index < -0.39 is 0 Å². The second-order valence-corrected chi connectivity index (χ2v) is 5.53. The number of aliphatic hydroxyl groups is 1. The maximum absolute atomic E-state index is 9.16. The maximum Gasteiger partial charge on any atom is 0.231 e. The molecule has 1 aromatic rings. The molecule has 20 heavy (non-hydrogen) atoms. The lowest BCUT2D eigenvalue weighted by molar-refractivity contribution is 0.0736.